The van der Waals surface area contributed by atoms with Crippen LogP contribution in [0.2, 0.25) is 0 Å². The molecule has 1 heterocycles. The average Bonchev–Trinajstić information content (AvgIpc) is 2.76. The lowest BCUT2D eigenvalue weighted by Crippen LogP contribution is -2.41. The molecule has 3 atom stereocenters. The molecule has 0 spiro atoms. The molecule has 3 nitrogen and oxygen atoms in total. The van der Waals surface area contributed by atoms with Crippen LogP contribution in [0.5, 0.6) is 5.75 Å². The van der Waals surface area contributed by atoms with Crippen LogP contribution in [0, 0.1) is 0 Å². The molecule has 0 aliphatic carbocycles. The normalized spacial score (nSPS) is 23.9. The van der Waals surface area contributed by atoms with E-state index >= 15 is 0 Å². The maximum atomic E-state index is 6.21. The van der Waals surface area contributed by atoms with Crippen molar-refractivity contribution in [3.05, 3.63) is 29.8 Å². The molecule has 0 radical (unpaired) electrons. The van der Waals surface area contributed by atoms with E-state index in [0.29, 0.717) is 12.1 Å². The van der Waals surface area contributed by atoms with Gasteiger partial charge in [-0.2, -0.15) is 0 Å². The van der Waals surface area contributed by atoms with Crippen LogP contribution >= 0.6 is 0 Å². The van der Waals surface area contributed by atoms with Crippen LogP contribution in [0.1, 0.15) is 38.3 Å². The average molecular weight is 248 g/mol. The first-order chi connectivity index (χ1) is 8.63. The third-order valence-corrected chi connectivity index (χ3v) is 3.92. The Labute approximate surface area is 110 Å². The van der Waals surface area contributed by atoms with Crippen molar-refractivity contribution in [1.29, 1.82) is 0 Å². The number of ether oxygens (including phenoxy) is 1. The molecule has 1 aromatic rings. The van der Waals surface area contributed by atoms with Gasteiger partial charge in [-0.1, -0.05) is 12.1 Å². The number of hydrogen-bond donors (Lipinski definition) is 1. The zero-order valence-electron chi connectivity index (χ0n) is 11.6. The lowest BCUT2D eigenvalue weighted by Gasteiger charge is -2.34. The summed E-state index contributed by atoms with van der Waals surface area (Å²) in [6, 6.07) is 9.39. The van der Waals surface area contributed by atoms with Gasteiger partial charge in [0.2, 0.25) is 0 Å². The van der Waals surface area contributed by atoms with Crippen molar-refractivity contribution in [2.24, 2.45) is 5.73 Å². The van der Waals surface area contributed by atoms with Gasteiger partial charge in [0.15, 0.2) is 0 Å². The number of likely N-dealkylation sites (tertiary alicyclic amines) is 1. The highest BCUT2D eigenvalue weighted by Gasteiger charge is 2.30. The molecule has 18 heavy (non-hydrogen) atoms. The molecule has 3 unspecified atom stereocenters. The van der Waals surface area contributed by atoms with Crippen molar-refractivity contribution in [2.75, 3.05) is 13.7 Å². The Kier molecular flexibility index (Phi) is 4.25. The minimum Gasteiger partial charge on any atom is -0.497 e. The molecule has 1 aliphatic rings. The van der Waals surface area contributed by atoms with Gasteiger partial charge in [-0.15, -0.1) is 0 Å². The molecule has 1 aliphatic heterocycles. The van der Waals surface area contributed by atoms with E-state index < -0.39 is 0 Å². The van der Waals surface area contributed by atoms with E-state index in [1.54, 1.807) is 7.11 Å². The first kappa shape index (κ1) is 13.4. The summed E-state index contributed by atoms with van der Waals surface area (Å²) in [7, 11) is 1.70. The SMILES string of the molecule is COc1ccc(C(C(C)N)N2CCCC2C)cc1. The number of hydrogen-bond acceptors (Lipinski definition) is 3. The monoisotopic (exact) mass is 248 g/mol. The third-order valence-electron chi connectivity index (χ3n) is 3.92. The maximum absolute atomic E-state index is 6.21. The van der Waals surface area contributed by atoms with E-state index in [2.05, 4.69) is 30.9 Å². The molecule has 2 rings (SSSR count). The van der Waals surface area contributed by atoms with Gasteiger partial charge in [-0.05, 0) is 50.9 Å². The molecule has 1 fully saturated rings. The van der Waals surface area contributed by atoms with Crippen LogP contribution in [0.25, 0.3) is 0 Å². The standard InChI is InChI=1S/C15H24N2O/c1-11-5-4-10-17(11)15(12(2)16)13-6-8-14(18-3)9-7-13/h6-9,11-12,15H,4-5,10,16H2,1-3H3. The second-order valence-electron chi connectivity index (χ2n) is 5.31. The molecule has 1 aromatic carbocycles. The topological polar surface area (TPSA) is 38.5 Å². The summed E-state index contributed by atoms with van der Waals surface area (Å²) in [6.07, 6.45) is 2.56. The van der Waals surface area contributed by atoms with Gasteiger partial charge < -0.3 is 10.5 Å². The third kappa shape index (κ3) is 2.68. The lowest BCUT2D eigenvalue weighted by molar-refractivity contribution is 0.170. The predicted molar refractivity (Wildman–Crippen MR) is 74.8 cm³/mol. The molecular weight excluding hydrogens is 224 g/mol. The van der Waals surface area contributed by atoms with Crippen molar-refractivity contribution in [3.63, 3.8) is 0 Å². The van der Waals surface area contributed by atoms with Gasteiger partial charge in [0.05, 0.1) is 7.11 Å². The Hall–Kier alpha value is -1.06. The summed E-state index contributed by atoms with van der Waals surface area (Å²) >= 11 is 0. The highest BCUT2D eigenvalue weighted by atomic mass is 16.5. The predicted octanol–water partition coefficient (Wildman–Crippen LogP) is 2.57. The van der Waals surface area contributed by atoms with Crippen LogP contribution in [-0.4, -0.2) is 30.6 Å². The number of nitrogens with zero attached hydrogens (tertiary/aromatic N) is 1. The quantitative estimate of drug-likeness (QED) is 0.890. The van der Waals surface area contributed by atoms with Gasteiger partial charge in [-0.3, -0.25) is 4.90 Å². The summed E-state index contributed by atoms with van der Waals surface area (Å²) in [5, 5.41) is 0. The Morgan fingerprint density at radius 1 is 1.33 bits per heavy atom. The summed E-state index contributed by atoms with van der Waals surface area (Å²) in [5.74, 6) is 0.900. The van der Waals surface area contributed by atoms with Gasteiger partial charge in [0.1, 0.15) is 5.75 Å². The Bertz CT molecular complexity index is 375. The first-order valence-corrected chi connectivity index (χ1v) is 6.78. The summed E-state index contributed by atoms with van der Waals surface area (Å²) in [4.78, 5) is 2.53. The largest absolute Gasteiger partial charge is 0.497 e. The van der Waals surface area contributed by atoms with Gasteiger partial charge in [-0.25, -0.2) is 0 Å². The van der Waals surface area contributed by atoms with Crippen LogP contribution in [0.15, 0.2) is 24.3 Å². The number of nitrogens with two attached hydrogens (primary N) is 1. The number of benzene rings is 1. The molecule has 0 amide bonds. The molecule has 0 saturated carbocycles. The molecule has 1 saturated heterocycles. The molecule has 3 heteroatoms. The van der Waals surface area contributed by atoms with E-state index in [-0.39, 0.29) is 6.04 Å². The molecule has 2 N–H and O–H groups in total. The Morgan fingerprint density at radius 2 is 2.00 bits per heavy atom. The zero-order chi connectivity index (χ0) is 13.1. The summed E-state index contributed by atoms with van der Waals surface area (Å²) in [5.41, 5.74) is 7.50. The van der Waals surface area contributed by atoms with E-state index in [1.165, 1.54) is 18.4 Å². The zero-order valence-corrected chi connectivity index (χ0v) is 11.6. The molecule has 100 valence electrons. The van der Waals surface area contributed by atoms with Crippen LogP contribution in [0.4, 0.5) is 0 Å². The minimum absolute atomic E-state index is 0.138. The van der Waals surface area contributed by atoms with Crippen molar-refractivity contribution in [3.8, 4) is 5.75 Å². The molecule has 0 bridgehead atoms. The second kappa shape index (κ2) is 5.72. The summed E-state index contributed by atoms with van der Waals surface area (Å²) < 4.78 is 5.21. The van der Waals surface area contributed by atoms with Crippen LogP contribution in [-0.2, 0) is 0 Å². The van der Waals surface area contributed by atoms with E-state index in [9.17, 15) is 0 Å². The highest BCUT2D eigenvalue weighted by molar-refractivity contribution is 5.30. The minimum atomic E-state index is 0.138. The van der Waals surface area contributed by atoms with Gasteiger partial charge in [0, 0.05) is 18.1 Å². The smallest absolute Gasteiger partial charge is 0.118 e. The molecule has 0 aromatic heterocycles. The lowest BCUT2D eigenvalue weighted by atomic mass is 9.98. The Morgan fingerprint density at radius 3 is 2.44 bits per heavy atom. The van der Waals surface area contributed by atoms with E-state index in [0.717, 1.165) is 12.3 Å². The van der Waals surface area contributed by atoms with E-state index in [1.807, 2.05) is 12.1 Å². The van der Waals surface area contributed by atoms with Gasteiger partial charge >= 0.3 is 0 Å². The fourth-order valence-corrected chi connectivity index (χ4v) is 2.97. The fourth-order valence-electron chi connectivity index (χ4n) is 2.97. The number of methoxy groups -OCH3 is 1. The van der Waals surface area contributed by atoms with Crippen LogP contribution in [0.3, 0.4) is 0 Å². The number of rotatable bonds is 4. The fraction of sp³-hybridized carbons (Fsp3) is 0.600. The highest BCUT2D eigenvalue weighted by Crippen LogP contribution is 2.31. The summed E-state index contributed by atoms with van der Waals surface area (Å²) in [6.45, 7) is 5.55. The maximum Gasteiger partial charge on any atom is 0.118 e. The Balaban J connectivity index is 2.23. The van der Waals surface area contributed by atoms with Crippen molar-refractivity contribution in [1.82, 2.24) is 4.90 Å². The van der Waals surface area contributed by atoms with Gasteiger partial charge in [0.25, 0.3) is 0 Å². The van der Waals surface area contributed by atoms with Crippen LogP contribution < -0.4 is 10.5 Å². The van der Waals surface area contributed by atoms with Crippen molar-refractivity contribution >= 4 is 0 Å². The van der Waals surface area contributed by atoms with E-state index in [4.69, 9.17) is 10.5 Å². The van der Waals surface area contributed by atoms with Crippen molar-refractivity contribution < 1.29 is 4.74 Å². The first-order valence-electron chi connectivity index (χ1n) is 6.78. The molecular formula is C15H24N2O. The van der Waals surface area contributed by atoms with Crippen molar-refractivity contribution in [2.45, 2.75) is 44.8 Å². The second-order valence-corrected chi connectivity index (χ2v) is 5.31.